The number of aryl methyl sites for hydroxylation is 1. The van der Waals surface area contributed by atoms with Gasteiger partial charge in [0.2, 0.25) is 0 Å². The fraction of sp³-hybridized carbons (Fsp3) is 0.176. The number of carboxylic acid groups (broad SMARTS) is 2. The smallest absolute Gasteiger partial charge is 0.338 e. The molecule has 0 atom stereocenters. The number of carboxylic acids is 2. The molecule has 120 valence electrons. The van der Waals surface area contributed by atoms with Crippen LogP contribution in [0.4, 0.5) is 5.69 Å². The van der Waals surface area contributed by atoms with Crippen LogP contribution in [0.15, 0.2) is 36.4 Å². The van der Waals surface area contributed by atoms with Gasteiger partial charge in [-0.1, -0.05) is 24.3 Å². The van der Waals surface area contributed by atoms with Gasteiger partial charge in [0, 0.05) is 12.2 Å². The number of aromatic carboxylic acids is 2. The molecule has 0 aliphatic carbocycles. The Kier molecular flexibility index (Phi) is 4.98. The molecule has 0 saturated carbocycles. The third-order valence-corrected chi connectivity index (χ3v) is 3.57. The van der Waals surface area contributed by atoms with Gasteiger partial charge in [-0.2, -0.15) is 0 Å². The SMILES string of the molecule is Cc1cc(CO)ccc1CNc1cccc(C(=O)O)c1C(=O)O. The summed E-state index contributed by atoms with van der Waals surface area (Å²) in [5, 5.41) is 30.5. The summed E-state index contributed by atoms with van der Waals surface area (Å²) >= 11 is 0. The highest BCUT2D eigenvalue weighted by Gasteiger charge is 2.19. The van der Waals surface area contributed by atoms with Gasteiger partial charge in [-0.05, 0) is 35.7 Å². The van der Waals surface area contributed by atoms with Crippen LogP contribution in [0.1, 0.15) is 37.4 Å². The summed E-state index contributed by atoms with van der Waals surface area (Å²) in [5.41, 5.74) is 2.42. The normalized spacial score (nSPS) is 10.3. The van der Waals surface area contributed by atoms with Crippen LogP contribution in [0.5, 0.6) is 0 Å². The van der Waals surface area contributed by atoms with Crippen LogP contribution in [0, 0.1) is 6.92 Å². The number of carbonyl (C=O) groups is 2. The van der Waals surface area contributed by atoms with E-state index in [2.05, 4.69) is 5.32 Å². The first-order chi connectivity index (χ1) is 10.9. The number of benzene rings is 2. The van der Waals surface area contributed by atoms with Crippen molar-refractivity contribution in [1.82, 2.24) is 0 Å². The van der Waals surface area contributed by atoms with E-state index >= 15 is 0 Å². The Hall–Kier alpha value is -2.86. The van der Waals surface area contributed by atoms with Gasteiger partial charge in [-0.15, -0.1) is 0 Å². The molecule has 0 aliphatic rings. The van der Waals surface area contributed by atoms with Crippen molar-refractivity contribution in [2.75, 3.05) is 5.32 Å². The summed E-state index contributed by atoms with van der Waals surface area (Å²) in [6.45, 7) is 2.20. The number of hydrogen-bond donors (Lipinski definition) is 4. The second kappa shape index (κ2) is 6.93. The van der Waals surface area contributed by atoms with Crippen LogP contribution in [0.3, 0.4) is 0 Å². The molecule has 0 radical (unpaired) electrons. The Morgan fingerprint density at radius 3 is 2.39 bits per heavy atom. The van der Waals surface area contributed by atoms with Crippen LogP contribution >= 0.6 is 0 Å². The quantitative estimate of drug-likeness (QED) is 0.652. The Morgan fingerprint density at radius 2 is 1.83 bits per heavy atom. The molecule has 0 heterocycles. The second-order valence-electron chi connectivity index (χ2n) is 5.11. The van der Waals surface area contributed by atoms with E-state index in [9.17, 15) is 14.7 Å². The Labute approximate surface area is 133 Å². The summed E-state index contributed by atoms with van der Waals surface area (Å²) in [7, 11) is 0. The standard InChI is InChI=1S/C17H17NO5/c1-10-7-11(9-19)5-6-12(10)8-18-14-4-2-3-13(16(20)21)15(14)17(22)23/h2-7,18-19H,8-9H2,1H3,(H,20,21)(H,22,23). The van der Waals surface area contributed by atoms with Gasteiger partial charge in [0.15, 0.2) is 0 Å². The van der Waals surface area contributed by atoms with Crippen LogP contribution in [0.25, 0.3) is 0 Å². The van der Waals surface area contributed by atoms with Gasteiger partial charge in [-0.25, -0.2) is 9.59 Å². The highest BCUT2D eigenvalue weighted by Crippen LogP contribution is 2.22. The molecular formula is C17H17NO5. The van der Waals surface area contributed by atoms with E-state index in [0.29, 0.717) is 6.54 Å². The monoisotopic (exact) mass is 315 g/mol. The Bertz CT molecular complexity index is 755. The number of rotatable bonds is 6. The third kappa shape index (κ3) is 3.67. The maximum atomic E-state index is 11.4. The largest absolute Gasteiger partial charge is 0.478 e. The van der Waals surface area contributed by atoms with Crippen molar-refractivity contribution in [3.05, 3.63) is 64.2 Å². The van der Waals surface area contributed by atoms with E-state index in [-0.39, 0.29) is 23.4 Å². The molecule has 0 bridgehead atoms. The van der Waals surface area contributed by atoms with Crippen molar-refractivity contribution < 1.29 is 24.9 Å². The van der Waals surface area contributed by atoms with Gasteiger partial charge in [0.25, 0.3) is 0 Å². The van der Waals surface area contributed by atoms with E-state index < -0.39 is 11.9 Å². The zero-order valence-corrected chi connectivity index (χ0v) is 12.5. The molecule has 0 aromatic heterocycles. The maximum absolute atomic E-state index is 11.4. The fourth-order valence-corrected chi connectivity index (χ4v) is 2.35. The van der Waals surface area contributed by atoms with Crippen LogP contribution in [-0.4, -0.2) is 27.3 Å². The zero-order valence-electron chi connectivity index (χ0n) is 12.5. The molecule has 6 nitrogen and oxygen atoms in total. The van der Waals surface area contributed by atoms with Gasteiger partial charge in [-0.3, -0.25) is 0 Å². The zero-order chi connectivity index (χ0) is 17.0. The number of aliphatic hydroxyl groups is 1. The minimum Gasteiger partial charge on any atom is -0.478 e. The molecule has 0 fully saturated rings. The fourth-order valence-electron chi connectivity index (χ4n) is 2.35. The van der Waals surface area contributed by atoms with E-state index in [1.807, 2.05) is 19.1 Å². The van der Waals surface area contributed by atoms with Gasteiger partial charge < -0.3 is 20.6 Å². The molecule has 0 saturated heterocycles. The molecule has 0 aliphatic heterocycles. The van der Waals surface area contributed by atoms with Crippen molar-refractivity contribution in [2.45, 2.75) is 20.1 Å². The molecule has 0 unspecified atom stereocenters. The summed E-state index contributed by atoms with van der Waals surface area (Å²) in [4.78, 5) is 22.5. The van der Waals surface area contributed by atoms with E-state index in [1.165, 1.54) is 18.2 Å². The number of nitrogens with one attached hydrogen (secondary N) is 1. The first-order valence-corrected chi connectivity index (χ1v) is 6.96. The Balaban J connectivity index is 2.29. The number of aliphatic hydroxyl groups excluding tert-OH is 1. The van der Waals surface area contributed by atoms with Crippen molar-refractivity contribution >= 4 is 17.6 Å². The van der Waals surface area contributed by atoms with Gasteiger partial charge in [0.05, 0.1) is 17.7 Å². The lowest BCUT2D eigenvalue weighted by molar-refractivity contribution is 0.0652. The molecular weight excluding hydrogens is 298 g/mol. The lowest BCUT2D eigenvalue weighted by Gasteiger charge is -2.13. The minimum atomic E-state index is -1.29. The third-order valence-electron chi connectivity index (χ3n) is 3.57. The second-order valence-corrected chi connectivity index (χ2v) is 5.11. The molecule has 0 amide bonds. The summed E-state index contributed by atoms with van der Waals surface area (Å²) in [6, 6.07) is 9.78. The van der Waals surface area contributed by atoms with Crippen molar-refractivity contribution in [3.8, 4) is 0 Å². The van der Waals surface area contributed by atoms with Crippen LogP contribution < -0.4 is 5.32 Å². The summed E-state index contributed by atoms with van der Waals surface area (Å²) in [5.74, 6) is -2.58. The lowest BCUT2D eigenvalue weighted by atomic mass is 10.0. The number of anilines is 1. The first-order valence-electron chi connectivity index (χ1n) is 6.96. The lowest BCUT2D eigenvalue weighted by Crippen LogP contribution is -2.13. The number of hydrogen-bond acceptors (Lipinski definition) is 4. The predicted molar refractivity (Wildman–Crippen MR) is 84.8 cm³/mol. The van der Waals surface area contributed by atoms with Crippen LogP contribution in [-0.2, 0) is 13.2 Å². The van der Waals surface area contributed by atoms with E-state index in [4.69, 9.17) is 10.2 Å². The molecule has 2 rings (SSSR count). The molecule has 2 aromatic carbocycles. The van der Waals surface area contributed by atoms with E-state index in [0.717, 1.165) is 16.7 Å². The molecule has 6 heteroatoms. The predicted octanol–water partition coefficient (Wildman–Crippen LogP) is 2.50. The highest BCUT2D eigenvalue weighted by molar-refractivity contribution is 6.05. The van der Waals surface area contributed by atoms with Crippen molar-refractivity contribution in [3.63, 3.8) is 0 Å². The first kappa shape index (κ1) is 16.5. The molecule has 2 aromatic rings. The molecule has 4 N–H and O–H groups in total. The maximum Gasteiger partial charge on any atom is 0.338 e. The summed E-state index contributed by atoms with van der Waals surface area (Å²) < 4.78 is 0. The summed E-state index contributed by atoms with van der Waals surface area (Å²) in [6.07, 6.45) is 0. The average Bonchev–Trinajstić information content (AvgIpc) is 2.52. The minimum absolute atomic E-state index is 0.0433. The van der Waals surface area contributed by atoms with Crippen molar-refractivity contribution in [1.29, 1.82) is 0 Å². The average molecular weight is 315 g/mol. The van der Waals surface area contributed by atoms with Crippen molar-refractivity contribution in [2.24, 2.45) is 0 Å². The molecule has 0 spiro atoms. The molecule has 23 heavy (non-hydrogen) atoms. The van der Waals surface area contributed by atoms with Gasteiger partial charge >= 0.3 is 11.9 Å². The van der Waals surface area contributed by atoms with E-state index in [1.54, 1.807) is 6.07 Å². The topological polar surface area (TPSA) is 107 Å². The van der Waals surface area contributed by atoms with Crippen LogP contribution in [0.2, 0.25) is 0 Å². The Morgan fingerprint density at radius 1 is 1.09 bits per heavy atom. The highest BCUT2D eigenvalue weighted by atomic mass is 16.4. The van der Waals surface area contributed by atoms with Gasteiger partial charge in [0.1, 0.15) is 0 Å².